The molecular formula is C19H20N2O3S. The largest absolute Gasteiger partial charge is 0.481 e. The maximum atomic E-state index is 12.4. The molecule has 0 bridgehead atoms. The van der Waals surface area contributed by atoms with Gasteiger partial charge in [0.25, 0.3) is 0 Å². The summed E-state index contributed by atoms with van der Waals surface area (Å²) < 4.78 is 0. The van der Waals surface area contributed by atoms with Crippen LogP contribution < -0.4 is 10.2 Å². The Labute approximate surface area is 151 Å². The number of hydrogen-bond acceptors (Lipinski definition) is 4. The molecule has 0 atom stereocenters. The average Bonchev–Trinajstić information content (AvgIpc) is 2.98. The van der Waals surface area contributed by atoms with E-state index in [9.17, 15) is 9.59 Å². The van der Waals surface area contributed by atoms with E-state index in [0.717, 1.165) is 29.9 Å². The SMILES string of the molecule is O=C(O)CSCc1cccc(NC(=O)CN2CCc3ccccc32)c1. The standard InChI is InChI=1S/C19H20N2O3S/c22-18(11-21-9-8-15-5-1-2-7-17(15)21)20-16-6-3-4-14(10-16)12-25-13-19(23)24/h1-7,10H,8-9,11-13H2,(H,20,22)(H,23,24). The molecule has 0 aromatic heterocycles. The van der Waals surface area contributed by atoms with Gasteiger partial charge in [0.15, 0.2) is 0 Å². The lowest BCUT2D eigenvalue weighted by molar-refractivity contribution is -0.133. The summed E-state index contributed by atoms with van der Waals surface area (Å²) in [6, 6.07) is 15.7. The number of thioether (sulfide) groups is 1. The van der Waals surface area contributed by atoms with Gasteiger partial charge in [-0.05, 0) is 35.7 Å². The number of anilines is 2. The minimum atomic E-state index is -0.819. The Kier molecular flexibility index (Phi) is 5.60. The lowest BCUT2D eigenvalue weighted by Gasteiger charge is -2.18. The number of carbonyl (C=O) groups is 2. The highest BCUT2D eigenvalue weighted by molar-refractivity contribution is 7.99. The fraction of sp³-hybridized carbons (Fsp3) is 0.263. The smallest absolute Gasteiger partial charge is 0.313 e. The van der Waals surface area contributed by atoms with E-state index in [1.165, 1.54) is 17.3 Å². The van der Waals surface area contributed by atoms with Crippen LogP contribution in [0.15, 0.2) is 48.5 Å². The van der Waals surface area contributed by atoms with E-state index in [1.54, 1.807) is 0 Å². The molecule has 5 nitrogen and oxygen atoms in total. The highest BCUT2D eigenvalue weighted by Gasteiger charge is 2.20. The van der Waals surface area contributed by atoms with Gasteiger partial charge in [0.1, 0.15) is 0 Å². The molecule has 0 radical (unpaired) electrons. The van der Waals surface area contributed by atoms with Gasteiger partial charge in [0, 0.05) is 23.7 Å². The Morgan fingerprint density at radius 1 is 1.16 bits per heavy atom. The van der Waals surface area contributed by atoms with Gasteiger partial charge in [-0.1, -0.05) is 30.3 Å². The summed E-state index contributed by atoms with van der Waals surface area (Å²) in [6.45, 7) is 1.19. The molecular weight excluding hydrogens is 336 g/mol. The Morgan fingerprint density at radius 2 is 2.00 bits per heavy atom. The van der Waals surface area contributed by atoms with Crippen molar-refractivity contribution in [3.63, 3.8) is 0 Å². The zero-order valence-electron chi connectivity index (χ0n) is 13.8. The number of fused-ring (bicyclic) bond motifs is 1. The lowest BCUT2D eigenvalue weighted by atomic mass is 10.2. The molecule has 130 valence electrons. The molecule has 2 aromatic rings. The first-order valence-electron chi connectivity index (χ1n) is 8.13. The molecule has 0 spiro atoms. The fourth-order valence-electron chi connectivity index (χ4n) is 2.94. The number of carboxylic acid groups (broad SMARTS) is 1. The first-order chi connectivity index (χ1) is 12.1. The van der Waals surface area contributed by atoms with Crippen molar-refractivity contribution in [2.45, 2.75) is 12.2 Å². The van der Waals surface area contributed by atoms with E-state index in [4.69, 9.17) is 5.11 Å². The Morgan fingerprint density at radius 3 is 2.84 bits per heavy atom. The van der Waals surface area contributed by atoms with Crippen molar-refractivity contribution >= 4 is 35.0 Å². The molecule has 0 unspecified atom stereocenters. The number of rotatable bonds is 7. The second-order valence-corrected chi connectivity index (χ2v) is 6.92. The van der Waals surface area contributed by atoms with E-state index in [2.05, 4.69) is 22.3 Å². The van der Waals surface area contributed by atoms with E-state index in [0.29, 0.717) is 12.3 Å². The number of para-hydroxylation sites is 1. The molecule has 25 heavy (non-hydrogen) atoms. The van der Waals surface area contributed by atoms with Crippen LogP contribution in [-0.2, 0) is 21.8 Å². The first-order valence-corrected chi connectivity index (χ1v) is 9.28. The highest BCUT2D eigenvalue weighted by Crippen LogP contribution is 2.27. The molecule has 2 aromatic carbocycles. The summed E-state index contributed by atoms with van der Waals surface area (Å²) in [6.07, 6.45) is 0.972. The number of hydrogen-bond donors (Lipinski definition) is 2. The number of carbonyl (C=O) groups excluding carboxylic acids is 1. The van der Waals surface area contributed by atoms with Crippen LogP contribution in [0.4, 0.5) is 11.4 Å². The van der Waals surface area contributed by atoms with Crippen LogP contribution in [0.25, 0.3) is 0 Å². The predicted molar refractivity (Wildman–Crippen MR) is 101 cm³/mol. The quantitative estimate of drug-likeness (QED) is 0.798. The van der Waals surface area contributed by atoms with E-state index in [-0.39, 0.29) is 11.7 Å². The maximum absolute atomic E-state index is 12.4. The molecule has 1 aliphatic rings. The summed E-state index contributed by atoms with van der Waals surface area (Å²) in [4.78, 5) is 25.0. The van der Waals surface area contributed by atoms with E-state index in [1.807, 2.05) is 36.4 Å². The third-order valence-corrected chi connectivity index (χ3v) is 5.01. The third kappa shape index (κ3) is 4.76. The van der Waals surface area contributed by atoms with Crippen molar-refractivity contribution in [2.24, 2.45) is 0 Å². The number of aliphatic carboxylic acids is 1. The van der Waals surface area contributed by atoms with Crippen LogP contribution in [0.5, 0.6) is 0 Å². The molecule has 0 saturated heterocycles. The Bertz CT molecular complexity index is 779. The van der Waals surface area contributed by atoms with Gasteiger partial charge in [-0.2, -0.15) is 0 Å². The topological polar surface area (TPSA) is 69.6 Å². The van der Waals surface area contributed by atoms with Crippen molar-refractivity contribution in [2.75, 3.05) is 29.1 Å². The van der Waals surface area contributed by atoms with Crippen LogP contribution in [0, 0.1) is 0 Å². The minimum Gasteiger partial charge on any atom is -0.481 e. The fourth-order valence-corrected chi connectivity index (χ4v) is 3.63. The maximum Gasteiger partial charge on any atom is 0.313 e. The van der Waals surface area contributed by atoms with Crippen molar-refractivity contribution < 1.29 is 14.7 Å². The monoisotopic (exact) mass is 356 g/mol. The first kappa shape index (κ1) is 17.4. The zero-order chi connectivity index (χ0) is 17.6. The summed E-state index contributed by atoms with van der Waals surface area (Å²) in [7, 11) is 0. The number of benzene rings is 2. The van der Waals surface area contributed by atoms with Gasteiger partial charge < -0.3 is 15.3 Å². The number of amides is 1. The molecule has 0 fully saturated rings. The molecule has 2 N–H and O–H groups in total. The van der Waals surface area contributed by atoms with Crippen LogP contribution in [0.3, 0.4) is 0 Å². The molecule has 0 saturated carbocycles. The van der Waals surface area contributed by atoms with Crippen LogP contribution in [0.2, 0.25) is 0 Å². The Balaban J connectivity index is 1.55. The second kappa shape index (κ2) is 8.07. The van der Waals surface area contributed by atoms with Crippen molar-refractivity contribution in [3.8, 4) is 0 Å². The zero-order valence-corrected chi connectivity index (χ0v) is 14.6. The van der Waals surface area contributed by atoms with Crippen molar-refractivity contribution in [1.29, 1.82) is 0 Å². The normalized spacial score (nSPS) is 12.7. The summed E-state index contributed by atoms with van der Waals surface area (Å²) in [5.74, 6) is -0.187. The van der Waals surface area contributed by atoms with Gasteiger partial charge >= 0.3 is 5.97 Å². The molecule has 6 heteroatoms. The molecule has 1 aliphatic heterocycles. The average molecular weight is 356 g/mol. The third-order valence-electron chi connectivity index (χ3n) is 4.02. The van der Waals surface area contributed by atoms with Crippen LogP contribution >= 0.6 is 11.8 Å². The number of carboxylic acids is 1. The minimum absolute atomic E-state index is 0.0490. The Hall–Kier alpha value is -2.47. The van der Waals surface area contributed by atoms with Crippen molar-refractivity contribution in [3.05, 3.63) is 59.7 Å². The van der Waals surface area contributed by atoms with Gasteiger partial charge in [-0.15, -0.1) is 11.8 Å². The van der Waals surface area contributed by atoms with Crippen LogP contribution in [0.1, 0.15) is 11.1 Å². The summed E-state index contributed by atoms with van der Waals surface area (Å²) in [5, 5.41) is 11.6. The van der Waals surface area contributed by atoms with Crippen LogP contribution in [-0.4, -0.2) is 35.8 Å². The number of nitrogens with zero attached hydrogens (tertiary/aromatic N) is 1. The number of nitrogens with one attached hydrogen (secondary N) is 1. The summed E-state index contributed by atoms with van der Waals surface area (Å²) in [5.41, 5.74) is 4.16. The van der Waals surface area contributed by atoms with Gasteiger partial charge in [0.05, 0.1) is 12.3 Å². The highest BCUT2D eigenvalue weighted by atomic mass is 32.2. The van der Waals surface area contributed by atoms with Gasteiger partial charge in [0.2, 0.25) is 5.91 Å². The second-order valence-electron chi connectivity index (χ2n) is 5.94. The summed E-state index contributed by atoms with van der Waals surface area (Å²) >= 11 is 1.34. The molecule has 0 aliphatic carbocycles. The molecule has 3 rings (SSSR count). The lowest BCUT2D eigenvalue weighted by Crippen LogP contribution is -2.31. The molecule has 1 amide bonds. The predicted octanol–water partition coefficient (Wildman–Crippen LogP) is 3.01. The van der Waals surface area contributed by atoms with Gasteiger partial charge in [-0.25, -0.2) is 0 Å². The van der Waals surface area contributed by atoms with Gasteiger partial charge in [-0.3, -0.25) is 9.59 Å². The van der Waals surface area contributed by atoms with Crippen molar-refractivity contribution in [1.82, 2.24) is 0 Å². The molecule has 1 heterocycles. The van der Waals surface area contributed by atoms with E-state index < -0.39 is 5.97 Å². The van der Waals surface area contributed by atoms with E-state index >= 15 is 0 Å².